The standard InChI is InChI=1S/C18H29ClN4O.HI/c1-4-20-17(21-13-15-6-5-7-16(19)12-15)22-14-18(2,3)23-8-10-24-11-9-23;/h5-7,12H,4,8-11,13-14H2,1-3H3,(H2,20,21,22);1H. The number of nitrogens with zero attached hydrogens (tertiary/aromatic N) is 2. The van der Waals surface area contributed by atoms with Crippen LogP contribution in [0.25, 0.3) is 0 Å². The molecule has 0 saturated carbocycles. The van der Waals surface area contributed by atoms with Crippen molar-refractivity contribution in [3.63, 3.8) is 0 Å². The highest BCUT2D eigenvalue weighted by atomic mass is 127. The number of ether oxygens (including phenoxy) is 1. The highest BCUT2D eigenvalue weighted by molar-refractivity contribution is 14.0. The summed E-state index contributed by atoms with van der Waals surface area (Å²) in [7, 11) is 0. The largest absolute Gasteiger partial charge is 0.379 e. The van der Waals surface area contributed by atoms with Gasteiger partial charge in [0.2, 0.25) is 0 Å². The summed E-state index contributed by atoms with van der Waals surface area (Å²) in [5.74, 6) is 0.832. The number of hydrogen-bond acceptors (Lipinski definition) is 3. The Morgan fingerprint density at radius 2 is 2.00 bits per heavy atom. The Kier molecular flexibility index (Phi) is 10.1. The molecule has 1 aromatic rings. The summed E-state index contributed by atoms with van der Waals surface area (Å²) in [5, 5.41) is 7.52. The van der Waals surface area contributed by atoms with E-state index >= 15 is 0 Å². The van der Waals surface area contributed by atoms with Gasteiger partial charge >= 0.3 is 0 Å². The third-order valence-electron chi connectivity index (χ3n) is 4.21. The molecule has 0 bridgehead atoms. The molecule has 0 aliphatic carbocycles. The quantitative estimate of drug-likeness (QED) is 0.373. The van der Waals surface area contributed by atoms with E-state index in [2.05, 4.69) is 41.3 Å². The molecule has 1 aliphatic rings. The van der Waals surface area contributed by atoms with Gasteiger partial charge in [-0.25, -0.2) is 4.99 Å². The molecule has 142 valence electrons. The first-order valence-electron chi connectivity index (χ1n) is 8.60. The topological polar surface area (TPSA) is 48.9 Å². The second-order valence-electron chi connectivity index (χ2n) is 6.59. The Bertz CT molecular complexity index is 548. The van der Waals surface area contributed by atoms with E-state index in [1.165, 1.54) is 0 Å². The SMILES string of the molecule is CCNC(=NCc1cccc(Cl)c1)NCC(C)(C)N1CCOCC1.I. The van der Waals surface area contributed by atoms with Crippen LogP contribution >= 0.6 is 35.6 Å². The molecule has 0 atom stereocenters. The van der Waals surface area contributed by atoms with Crippen LogP contribution in [0.4, 0.5) is 0 Å². The highest BCUT2D eigenvalue weighted by Crippen LogP contribution is 2.15. The summed E-state index contributed by atoms with van der Waals surface area (Å²) in [4.78, 5) is 7.13. The van der Waals surface area contributed by atoms with Crippen molar-refractivity contribution in [1.82, 2.24) is 15.5 Å². The lowest BCUT2D eigenvalue weighted by Crippen LogP contribution is -2.56. The first kappa shape index (κ1) is 22.5. The van der Waals surface area contributed by atoms with Crippen LogP contribution in [0.5, 0.6) is 0 Å². The van der Waals surface area contributed by atoms with Crippen LogP contribution in [0.3, 0.4) is 0 Å². The Morgan fingerprint density at radius 1 is 1.28 bits per heavy atom. The average molecular weight is 481 g/mol. The molecule has 0 amide bonds. The smallest absolute Gasteiger partial charge is 0.191 e. The maximum atomic E-state index is 6.03. The van der Waals surface area contributed by atoms with Gasteiger partial charge in [0.25, 0.3) is 0 Å². The Balaban J connectivity index is 0.00000312. The first-order valence-corrected chi connectivity index (χ1v) is 8.98. The van der Waals surface area contributed by atoms with E-state index < -0.39 is 0 Å². The second kappa shape index (κ2) is 11.2. The van der Waals surface area contributed by atoms with Crippen molar-refractivity contribution in [2.24, 2.45) is 4.99 Å². The molecule has 1 fully saturated rings. The van der Waals surface area contributed by atoms with Crippen molar-refractivity contribution < 1.29 is 4.74 Å². The van der Waals surface area contributed by atoms with Gasteiger partial charge in [0.1, 0.15) is 0 Å². The van der Waals surface area contributed by atoms with Gasteiger partial charge in [0.05, 0.1) is 19.8 Å². The van der Waals surface area contributed by atoms with E-state index in [0.717, 1.165) is 55.9 Å². The van der Waals surface area contributed by atoms with Gasteiger partial charge in [-0.05, 0) is 38.5 Å². The zero-order valence-corrected chi connectivity index (χ0v) is 18.4. The molecule has 1 aromatic carbocycles. The van der Waals surface area contributed by atoms with Crippen molar-refractivity contribution in [2.75, 3.05) is 39.4 Å². The maximum Gasteiger partial charge on any atom is 0.191 e. The predicted molar refractivity (Wildman–Crippen MR) is 116 cm³/mol. The van der Waals surface area contributed by atoms with Gasteiger partial charge in [-0.15, -0.1) is 24.0 Å². The average Bonchev–Trinajstić information content (AvgIpc) is 2.58. The van der Waals surface area contributed by atoms with Crippen molar-refractivity contribution in [3.8, 4) is 0 Å². The summed E-state index contributed by atoms with van der Waals surface area (Å²) in [5.41, 5.74) is 1.16. The van der Waals surface area contributed by atoms with Crippen molar-refractivity contribution in [2.45, 2.75) is 32.9 Å². The first-order chi connectivity index (χ1) is 11.5. The van der Waals surface area contributed by atoms with E-state index in [1.54, 1.807) is 0 Å². The van der Waals surface area contributed by atoms with Crippen molar-refractivity contribution in [3.05, 3.63) is 34.9 Å². The number of aliphatic imine (C=N–C) groups is 1. The zero-order chi connectivity index (χ0) is 17.4. The van der Waals surface area contributed by atoms with E-state index in [4.69, 9.17) is 16.3 Å². The molecule has 2 N–H and O–H groups in total. The van der Waals surface area contributed by atoms with Crippen LogP contribution in [-0.4, -0.2) is 55.8 Å². The maximum absolute atomic E-state index is 6.03. The van der Waals surface area contributed by atoms with E-state index in [0.29, 0.717) is 6.54 Å². The van der Waals surface area contributed by atoms with Gasteiger partial charge in [0.15, 0.2) is 5.96 Å². The van der Waals surface area contributed by atoms with Gasteiger partial charge in [-0.2, -0.15) is 0 Å². The van der Waals surface area contributed by atoms with Crippen molar-refractivity contribution >= 4 is 41.5 Å². The molecule has 1 saturated heterocycles. The van der Waals surface area contributed by atoms with Gasteiger partial charge in [0, 0.05) is 36.7 Å². The molecule has 0 aromatic heterocycles. The summed E-state index contributed by atoms with van der Waals surface area (Å²) in [6.07, 6.45) is 0. The minimum absolute atomic E-state index is 0. The fourth-order valence-corrected chi connectivity index (χ4v) is 2.94. The van der Waals surface area contributed by atoms with Crippen LogP contribution < -0.4 is 10.6 Å². The summed E-state index contributed by atoms with van der Waals surface area (Å²) < 4.78 is 5.45. The number of morpholine rings is 1. The van der Waals surface area contributed by atoms with Crippen LogP contribution in [0.15, 0.2) is 29.3 Å². The Labute approximate surface area is 173 Å². The normalized spacial score (nSPS) is 16.2. The number of rotatable bonds is 6. The predicted octanol–water partition coefficient (Wildman–Crippen LogP) is 3.12. The molecule has 2 rings (SSSR count). The number of nitrogens with one attached hydrogen (secondary N) is 2. The van der Waals surface area contributed by atoms with Crippen LogP contribution in [0.2, 0.25) is 5.02 Å². The third kappa shape index (κ3) is 7.68. The third-order valence-corrected chi connectivity index (χ3v) is 4.44. The van der Waals surface area contributed by atoms with E-state index in [-0.39, 0.29) is 29.5 Å². The lowest BCUT2D eigenvalue weighted by atomic mass is 10.0. The number of guanidine groups is 1. The van der Waals surface area contributed by atoms with Crippen LogP contribution in [-0.2, 0) is 11.3 Å². The Hall–Kier alpha value is -0.570. The second-order valence-corrected chi connectivity index (χ2v) is 7.03. The van der Waals surface area contributed by atoms with Gasteiger partial charge < -0.3 is 15.4 Å². The molecule has 0 radical (unpaired) electrons. The van der Waals surface area contributed by atoms with Crippen LogP contribution in [0, 0.1) is 0 Å². The number of halogens is 2. The molecule has 25 heavy (non-hydrogen) atoms. The van der Waals surface area contributed by atoms with E-state index in [1.807, 2.05) is 24.3 Å². The monoisotopic (exact) mass is 480 g/mol. The van der Waals surface area contributed by atoms with Gasteiger partial charge in [-0.1, -0.05) is 23.7 Å². The van der Waals surface area contributed by atoms with E-state index in [9.17, 15) is 0 Å². The number of benzene rings is 1. The van der Waals surface area contributed by atoms with Gasteiger partial charge in [-0.3, -0.25) is 4.90 Å². The Morgan fingerprint density at radius 3 is 2.64 bits per heavy atom. The summed E-state index contributed by atoms with van der Waals surface area (Å²) >= 11 is 6.03. The molecule has 5 nitrogen and oxygen atoms in total. The lowest BCUT2D eigenvalue weighted by Gasteiger charge is -2.41. The fraction of sp³-hybridized carbons (Fsp3) is 0.611. The molecule has 0 unspecified atom stereocenters. The minimum atomic E-state index is 0. The van der Waals surface area contributed by atoms with Crippen LogP contribution in [0.1, 0.15) is 26.3 Å². The fourth-order valence-electron chi connectivity index (χ4n) is 2.73. The lowest BCUT2D eigenvalue weighted by molar-refractivity contribution is -0.00834. The summed E-state index contributed by atoms with van der Waals surface area (Å²) in [6, 6.07) is 7.82. The molecule has 7 heteroatoms. The molecule has 1 heterocycles. The molecule has 1 aliphatic heterocycles. The number of hydrogen-bond donors (Lipinski definition) is 2. The molecular weight excluding hydrogens is 451 g/mol. The molecular formula is C18H30ClIN4O. The minimum Gasteiger partial charge on any atom is -0.379 e. The zero-order valence-electron chi connectivity index (χ0n) is 15.3. The highest BCUT2D eigenvalue weighted by Gasteiger charge is 2.28. The van der Waals surface area contributed by atoms with Crippen molar-refractivity contribution in [1.29, 1.82) is 0 Å². The summed E-state index contributed by atoms with van der Waals surface area (Å²) in [6.45, 7) is 12.4. The molecule has 0 spiro atoms.